The quantitative estimate of drug-likeness (QED) is 0.547. The van der Waals surface area contributed by atoms with Gasteiger partial charge in [0, 0.05) is 17.6 Å². The fourth-order valence-corrected chi connectivity index (χ4v) is 3.81. The van der Waals surface area contributed by atoms with Crippen LogP contribution in [-0.4, -0.2) is 14.3 Å². The van der Waals surface area contributed by atoms with Crippen molar-refractivity contribution in [1.29, 1.82) is 0 Å². The van der Waals surface area contributed by atoms with Gasteiger partial charge in [-0.1, -0.05) is 60.1 Å². The molecule has 0 bridgehead atoms. The summed E-state index contributed by atoms with van der Waals surface area (Å²) in [6.45, 7) is 0.178. The smallest absolute Gasteiger partial charge is 0.261 e. The molecule has 1 amide bonds. The van der Waals surface area contributed by atoms with Gasteiger partial charge < -0.3 is 5.32 Å². The third-order valence-corrected chi connectivity index (χ3v) is 5.70. The maximum absolute atomic E-state index is 12.6. The maximum Gasteiger partial charge on any atom is 0.261 e. The van der Waals surface area contributed by atoms with Crippen LogP contribution in [0.2, 0.25) is 5.02 Å². The minimum Gasteiger partial charge on any atom is -0.348 e. The van der Waals surface area contributed by atoms with Crippen LogP contribution < -0.4 is 10.0 Å². The summed E-state index contributed by atoms with van der Waals surface area (Å²) in [4.78, 5) is 12.3. The zero-order valence-electron chi connectivity index (χ0n) is 15.4. The Morgan fingerprint density at radius 1 is 0.897 bits per heavy atom. The summed E-state index contributed by atoms with van der Waals surface area (Å²) in [5.41, 5.74) is 1.92. The van der Waals surface area contributed by atoms with Crippen molar-refractivity contribution in [2.24, 2.45) is 0 Å². The summed E-state index contributed by atoms with van der Waals surface area (Å²) in [6, 6.07) is 22.1. The van der Waals surface area contributed by atoms with Crippen molar-refractivity contribution in [3.63, 3.8) is 0 Å². The number of anilines is 1. The van der Waals surface area contributed by atoms with Gasteiger partial charge in [-0.2, -0.15) is 0 Å². The molecule has 0 unspecified atom stereocenters. The van der Waals surface area contributed by atoms with Gasteiger partial charge in [0.05, 0.1) is 10.6 Å². The highest BCUT2D eigenvalue weighted by Crippen LogP contribution is 2.20. The number of nitrogens with one attached hydrogen (secondary N) is 2. The molecule has 0 saturated heterocycles. The Balaban J connectivity index is 1.66. The van der Waals surface area contributed by atoms with Crippen LogP contribution in [0.5, 0.6) is 0 Å². The summed E-state index contributed by atoms with van der Waals surface area (Å²) in [5, 5.41) is 3.39. The number of hydrogen-bond donors (Lipinski definition) is 2. The molecule has 0 radical (unpaired) electrons. The lowest BCUT2D eigenvalue weighted by Crippen LogP contribution is -2.22. The molecule has 0 aliphatic carbocycles. The Kier molecular flexibility index (Phi) is 6.69. The van der Waals surface area contributed by atoms with Crippen molar-refractivity contribution >= 4 is 39.3 Å². The Hall–Kier alpha value is -3.09. The second-order valence-corrected chi connectivity index (χ2v) is 8.30. The lowest BCUT2D eigenvalue weighted by molar-refractivity contribution is -0.116. The van der Waals surface area contributed by atoms with E-state index >= 15 is 0 Å². The first kappa shape index (κ1) is 20.6. The highest BCUT2D eigenvalue weighted by molar-refractivity contribution is 7.92. The topological polar surface area (TPSA) is 75.3 Å². The van der Waals surface area contributed by atoms with Crippen molar-refractivity contribution in [1.82, 2.24) is 5.32 Å². The summed E-state index contributed by atoms with van der Waals surface area (Å²) < 4.78 is 27.7. The van der Waals surface area contributed by atoms with Gasteiger partial charge in [-0.15, -0.1) is 0 Å². The molecule has 148 valence electrons. The first-order valence-corrected chi connectivity index (χ1v) is 10.7. The van der Waals surface area contributed by atoms with Gasteiger partial charge in [-0.25, -0.2) is 8.42 Å². The Labute approximate surface area is 175 Å². The van der Waals surface area contributed by atoms with Crippen LogP contribution in [0.25, 0.3) is 6.08 Å². The second kappa shape index (κ2) is 9.41. The highest BCUT2D eigenvalue weighted by Gasteiger charge is 2.15. The standard InChI is InChI=1S/C22H19ClN2O3S/c23-19-13-10-17(11-14-19)12-15-22(26)24-16-18-6-4-5-9-21(18)25-29(27,28)20-7-2-1-3-8-20/h1-15,25H,16H2,(H,24,26)/b15-12+. The zero-order valence-corrected chi connectivity index (χ0v) is 17.0. The number of hydrogen-bond acceptors (Lipinski definition) is 3. The monoisotopic (exact) mass is 426 g/mol. The molecule has 0 fully saturated rings. The molecule has 0 aromatic heterocycles. The SMILES string of the molecule is O=C(/C=C/c1ccc(Cl)cc1)NCc1ccccc1NS(=O)(=O)c1ccccc1. The van der Waals surface area contributed by atoms with Gasteiger partial charge in [0.15, 0.2) is 0 Å². The van der Waals surface area contributed by atoms with Gasteiger partial charge in [-0.05, 0) is 47.5 Å². The summed E-state index contributed by atoms with van der Waals surface area (Å²) in [7, 11) is -3.71. The number of carbonyl (C=O) groups is 1. The van der Waals surface area contributed by atoms with E-state index < -0.39 is 10.0 Å². The average molecular weight is 427 g/mol. The molecular weight excluding hydrogens is 408 g/mol. The van der Waals surface area contributed by atoms with Crippen LogP contribution in [-0.2, 0) is 21.4 Å². The van der Waals surface area contributed by atoms with Gasteiger partial charge in [-0.3, -0.25) is 9.52 Å². The van der Waals surface area contributed by atoms with Crippen LogP contribution in [0, 0.1) is 0 Å². The van der Waals surface area contributed by atoms with Gasteiger partial charge in [0.1, 0.15) is 0 Å². The Morgan fingerprint density at radius 2 is 1.55 bits per heavy atom. The van der Waals surface area contributed by atoms with E-state index in [0.29, 0.717) is 16.3 Å². The first-order chi connectivity index (χ1) is 13.9. The van der Waals surface area contributed by atoms with E-state index in [2.05, 4.69) is 10.0 Å². The molecule has 0 spiro atoms. The van der Waals surface area contributed by atoms with E-state index in [9.17, 15) is 13.2 Å². The fourth-order valence-electron chi connectivity index (χ4n) is 2.56. The van der Waals surface area contributed by atoms with E-state index in [0.717, 1.165) is 5.56 Å². The van der Waals surface area contributed by atoms with Crippen molar-refractivity contribution < 1.29 is 13.2 Å². The number of sulfonamides is 1. The summed E-state index contributed by atoms with van der Waals surface area (Å²) in [6.07, 6.45) is 3.09. The third-order valence-electron chi connectivity index (χ3n) is 4.07. The minimum absolute atomic E-state index is 0.171. The number of carbonyl (C=O) groups excluding carboxylic acids is 1. The third kappa shape index (κ3) is 5.94. The fraction of sp³-hybridized carbons (Fsp3) is 0.0455. The van der Waals surface area contributed by atoms with E-state index in [1.165, 1.54) is 18.2 Å². The lowest BCUT2D eigenvalue weighted by atomic mass is 10.2. The molecule has 2 N–H and O–H groups in total. The van der Waals surface area contributed by atoms with Crippen molar-refractivity contribution in [3.05, 3.63) is 101 Å². The Bertz CT molecular complexity index is 1110. The van der Waals surface area contributed by atoms with Crippen LogP contribution in [0.3, 0.4) is 0 Å². The lowest BCUT2D eigenvalue weighted by Gasteiger charge is -2.13. The molecule has 29 heavy (non-hydrogen) atoms. The molecule has 3 aromatic rings. The van der Waals surface area contributed by atoms with Gasteiger partial charge in [0.25, 0.3) is 10.0 Å². The largest absolute Gasteiger partial charge is 0.348 e. The first-order valence-electron chi connectivity index (χ1n) is 8.81. The maximum atomic E-state index is 12.6. The molecule has 0 saturated carbocycles. The predicted octanol–water partition coefficient (Wildman–Crippen LogP) is 4.47. The number of rotatable bonds is 7. The minimum atomic E-state index is -3.71. The van der Waals surface area contributed by atoms with E-state index in [-0.39, 0.29) is 17.3 Å². The highest BCUT2D eigenvalue weighted by atomic mass is 35.5. The summed E-state index contributed by atoms with van der Waals surface area (Å²) in [5.74, 6) is -0.291. The van der Waals surface area contributed by atoms with E-state index in [1.807, 2.05) is 0 Å². The van der Waals surface area contributed by atoms with Gasteiger partial charge >= 0.3 is 0 Å². The second-order valence-electron chi connectivity index (χ2n) is 6.18. The predicted molar refractivity (Wildman–Crippen MR) is 116 cm³/mol. The molecule has 0 heterocycles. The average Bonchev–Trinajstić information content (AvgIpc) is 2.73. The normalized spacial score (nSPS) is 11.3. The molecule has 5 nitrogen and oxygen atoms in total. The molecule has 3 rings (SSSR count). The van der Waals surface area contributed by atoms with Crippen molar-refractivity contribution in [2.45, 2.75) is 11.4 Å². The van der Waals surface area contributed by atoms with Crippen molar-refractivity contribution in [3.8, 4) is 0 Å². The van der Waals surface area contributed by atoms with Gasteiger partial charge in [0.2, 0.25) is 5.91 Å². The molecular formula is C22H19ClN2O3S. The molecule has 3 aromatic carbocycles. The summed E-state index contributed by atoms with van der Waals surface area (Å²) >= 11 is 5.84. The van der Waals surface area contributed by atoms with Crippen LogP contribution in [0.1, 0.15) is 11.1 Å². The van der Waals surface area contributed by atoms with E-state index in [4.69, 9.17) is 11.6 Å². The van der Waals surface area contributed by atoms with Crippen LogP contribution in [0.15, 0.2) is 89.8 Å². The van der Waals surface area contributed by atoms with Crippen molar-refractivity contribution in [2.75, 3.05) is 4.72 Å². The molecule has 0 aliphatic rings. The number of halogens is 1. The number of para-hydroxylation sites is 1. The zero-order chi connectivity index (χ0) is 20.7. The molecule has 0 aliphatic heterocycles. The molecule has 0 atom stereocenters. The Morgan fingerprint density at radius 3 is 2.28 bits per heavy atom. The van der Waals surface area contributed by atoms with E-state index in [1.54, 1.807) is 72.8 Å². The number of benzene rings is 3. The number of amides is 1. The molecule has 7 heteroatoms. The van der Waals surface area contributed by atoms with Crippen LogP contribution in [0.4, 0.5) is 5.69 Å². The van der Waals surface area contributed by atoms with Crippen LogP contribution >= 0.6 is 11.6 Å².